The van der Waals surface area contributed by atoms with Crippen LogP contribution in [0.15, 0.2) is 118 Å². The van der Waals surface area contributed by atoms with Gasteiger partial charge >= 0.3 is 11.9 Å². The summed E-state index contributed by atoms with van der Waals surface area (Å²) >= 11 is 0. The van der Waals surface area contributed by atoms with Crippen LogP contribution in [0.3, 0.4) is 0 Å². The van der Waals surface area contributed by atoms with Crippen LogP contribution in [0.5, 0.6) is 11.5 Å². The van der Waals surface area contributed by atoms with Crippen LogP contribution in [0.2, 0.25) is 0 Å². The highest BCUT2D eigenvalue weighted by atomic mass is 16.5. The molecule has 0 aromatic heterocycles. The van der Waals surface area contributed by atoms with Crippen molar-refractivity contribution in [3.63, 3.8) is 0 Å². The number of hydrogen-bond donors (Lipinski definition) is 0. The highest BCUT2D eigenvalue weighted by Crippen LogP contribution is 2.24. The van der Waals surface area contributed by atoms with E-state index in [2.05, 4.69) is 34.3 Å². The molecule has 0 N–H and O–H groups in total. The molecule has 0 aliphatic heterocycles. The van der Waals surface area contributed by atoms with Crippen molar-refractivity contribution in [3.05, 3.63) is 108 Å². The third kappa shape index (κ3) is 22.8. The molecule has 0 aliphatic carbocycles. The maximum atomic E-state index is 12.6. The number of azo groups is 2. The molecule has 0 spiro atoms. The van der Waals surface area contributed by atoms with E-state index in [9.17, 15) is 9.59 Å². The summed E-state index contributed by atoms with van der Waals surface area (Å²) in [5.41, 5.74) is 3.54. The Morgan fingerprint density at radius 2 is 0.578 bits per heavy atom. The Morgan fingerprint density at radius 3 is 0.875 bits per heavy atom. The van der Waals surface area contributed by atoms with Gasteiger partial charge in [0, 0.05) is 0 Å². The van der Waals surface area contributed by atoms with Crippen molar-refractivity contribution < 1.29 is 28.5 Å². The Labute approximate surface area is 383 Å². The van der Waals surface area contributed by atoms with Crippen molar-refractivity contribution in [2.45, 2.75) is 155 Å². The van der Waals surface area contributed by atoms with Crippen LogP contribution in [0.25, 0.3) is 0 Å². The first-order valence-electron chi connectivity index (χ1n) is 24.4. The molecule has 0 unspecified atom stereocenters. The number of carbonyl (C=O) groups is 2. The number of carbonyl (C=O) groups excluding carboxylic acids is 2. The predicted molar refractivity (Wildman–Crippen MR) is 259 cm³/mol. The van der Waals surface area contributed by atoms with Gasteiger partial charge in [-0.3, -0.25) is 0 Å². The van der Waals surface area contributed by atoms with Crippen molar-refractivity contribution in [3.8, 4) is 11.5 Å². The smallest absolute Gasteiger partial charge is 0.338 e. The zero-order valence-corrected chi connectivity index (χ0v) is 38.9. The third-order valence-electron chi connectivity index (χ3n) is 11.0. The second-order valence-electron chi connectivity index (χ2n) is 16.5. The maximum absolute atomic E-state index is 12.6. The Balaban J connectivity index is 1.01. The number of hydrogen-bond acceptors (Lipinski definition) is 10. The predicted octanol–water partition coefficient (Wildman–Crippen LogP) is 16.9. The second-order valence-corrected chi connectivity index (χ2v) is 16.5. The SMILES string of the molecule is CCCCCCCCCCCCOc1ccc(N=Nc2ccc(C(=O)OCCCCOC(=O)c3ccc(N=Nc4ccc(OCCCCCCCCCCCC)cc4)cc3)cc2)cc1. The number of benzene rings is 4. The molecule has 0 saturated heterocycles. The van der Waals surface area contributed by atoms with E-state index in [-0.39, 0.29) is 13.2 Å². The summed E-state index contributed by atoms with van der Waals surface area (Å²) in [6.45, 7) is 6.39. The summed E-state index contributed by atoms with van der Waals surface area (Å²) in [5, 5.41) is 17.2. The number of unbranched alkanes of at least 4 members (excludes halogenated alkanes) is 19. The van der Waals surface area contributed by atoms with Gasteiger partial charge in [0.1, 0.15) is 11.5 Å². The van der Waals surface area contributed by atoms with Gasteiger partial charge in [0.15, 0.2) is 0 Å². The van der Waals surface area contributed by atoms with Crippen LogP contribution in [0.1, 0.15) is 176 Å². The first-order chi connectivity index (χ1) is 31.5. The highest BCUT2D eigenvalue weighted by molar-refractivity contribution is 5.90. The van der Waals surface area contributed by atoms with Gasteiger partial charge in [-0.1, -0.05) is 129 Å². The van der Waals surface area contributed by atoms with E-state index in [0.29, 0.717) is 35.3 Å². The molecule has 64 heavy (non-hydrogen) atoms. The Hall–Kier alpha value is -5.38. The van der Waals surface area contributed by atoms with Crippen molar-refractivity contribution in [2.24, 2.45) is 20.5 Å². The maximum Gasteiger partial charge on any atom is 0.338 e. The minimum absolute atomic E-state index is 0.214. The second kappa shape index (κ2) is 33.2. The van der Waals surface area contributed by atoms with Crippen LogP contribution in [0.4, 0.5) is 22.7 Å². The number of ether oxygens (including phenoxy) is 4. The average molecular weight is 875 g/mol. The van der Waals surface area contributed by atoms with Crippen LogP contribution >= 0.6 is 0 Å². The molecule has 0 atom stereocenters. The van der Waals surface area contributed by atoms with Crippen LogP contribution in [0, 0.1) is 0 Å². The van der Waals surface area contributed by atoms with Crippen LogP contribution < -0.4 is 9.47 Å². The van der Waals surface area contributed by atoms with Crippen molar-refractivity contribution in [2.75, 3.05) is 26.4 Å². The van der Waals surface area contributed by atoms with E-state index in [4.69, 9.17) is 18.9 Å². The molecule has 0 saturated carbocycles. The zero-order valence-electron chi connectivity index (χ0n) is 38.9. The van der Waals surface area contributed by atoms with Gasteiger partial charge < -0.3 is 18.9 Å². The monoisotopic (exact) mass is 875 g/mol. The summed E-state index contributed by atoms with van der Waals surface area (Å²) in [5.74, 6) is 0.816. The molecule has 4 aromatic rings. The van der Waals surface area contributed by atoms with Gasteiger partial charge in [-0.25, -0.2) is 9.59 Å². The molecule has 4 rings (SSSR count). The molecule has 10 nitrogen and oxygen atoms in total. The third-order valence-corrected chi connectivity index (χ3v) is 11.0. The highest BCUT2D eigenvalue weighted by Gasteiger charge is 2.09. The van der Waals surface area contributed by atoms with Crippen molar-refractivity contribution in [1.82, 2.24) is 0 Å². The van der Waals surface area contributed by atoms with E-state index in [0.717, 1.165) is 48.9 Å². The van der Waals surface area contributed by atoms with E-state index in [1.807, 2.05) is 48.5 Å². The fourth-order valence-corrected chi connectivity index (χ4v) is 7.04. The lowest BCUT2D eigenvalue weighted by atomic mass is 10.1. The van der Waals surface area contributed by atoms with Gasteiger partial charge in [-0.05, 0) is 123 Å². The lowest BCUT2D eigenvalue weighted by Gasteiger charge is -2.07. The van der Waals surface area contributed by atoms with Crippen LogP contribution in [-0.4, -0.2) is 38.4 Å². The average Bonchev–Trinajstić information content (AvgIpc) is 3.33. The van der Waals surface area contributed by atoms with Gasteiger partial charge in [0.05, 0.1) is 60.3 Å². The molecule has 346 valence electrons. The minimum atomic E-state index is -0.424. The van der Waals surface area contributed by atoms with Crippen molar-refractivity contribution >= 4 is 34.7 Å². The van der Waals surface area contributed by atoms with Gasteiger partial charge in [0.2, 0.25) is 0 Å². The Kier molecular flexibility index (Phi) is 26.6. The molecule has 10 heteroatoms. The van der Waals surface area contributed by atoms with E-state index in [1.165, 1.54) is 116 Å². The van der Waals surface area contributed by atoms with Gasteiger partial charge in [-0.15, -0.1) is 0 Å². The summed E-state index contributed by atoms with van der Waals surface area (Å²) < 4.78 is 22.6. The quantitative estimate of drug-likeness (QED) is 0.0258. The summed E-state index contributed by atoms with van der Waals surface area (Å²) in [6.07, 6.45) is 27.2. The number of esters is 2. The lowest BCUT2D eigenvalue weighted by molar-refractivity contribution is 0.0432. The van der Waals surface area contributed by atoms with E-state index >= 15 is 0 Å². The molecule has 0 bridgehead atoms. The first kappa shape index (κ1) is 51.3. The first-order valence-corrected chi connectivity index (χ1v) is 24.4. The van der Waals surface area contributed by atoms with Gasteiger partial charge in [0.25, 0.3) is 0 Å². The molecule has 0 radical (unpaired) electrons. The zero-order chi connectivity index (χ0) is 45.1. The Morgan fingerprint density at radius 1 is 0.328 bits per heavy atom. The van der Waals surface area contributed by atoms with Crippen LogP contribution in [-0.2, 0) is 9.47 Å². The lowest BCUT2D eigenvalue weighted by Crippen LogP contribution is -2.09. The molecule has 0 fully saturated rings. The topological polar surface area (TPSA) is 121 Å². The standard InChI is InChI=1S/C54H74N4O6/c1-3-5-7-9-11-13-15-17-19-21-41-61-51-37-33-49(34-38-51)57-55-47-29-25-45(26-30-47)53(59)63-43-23-24-44-64-54(60)46-27-31-48(32-28-46)56-58-50-35-39-52(40-36-50)62-42-22-20-18-16-14-12-10-8-6-4-2/h25-40H,3-24,41-44H2,1-2H3. The number of nitrogens with zero attached hydrogens (tertiary/aromatic N) is 4. The molecule has 0 amide bonds. The summed E-state index contributed by atoms with van der Waals surface area (Å²) in [7, 11) is 0. The normalized spacial score (nSPS) is 11.3. The molecule has 4 aromatic carbocycles. The molecule has 0 heterocycles. The van der Waals surface area contributed by atoms with Gasteiger partial charge in [-0.2, -0.15) is 20.5 Å². The number of rotatable bonds is 35. The molecule has 0 aliphatic rings. The fourth-order valence-electron chi connectivity index (χ4n) is 7.04. The van der Waals surface area contributed by atoms with E-state index in [1.54, 1.807) is 48.5 Å². The van der Waals surface area contributed by atoms with Crippen molar-refractivity contribution in [1.29, 1.82) is 0 Å². The summed E-state index contributed by atoms with van der Waals surface area (Å²) in [6, 6.07) is 28.8. The minimum Gasteiger partial charge on any atom is -0.494 e. The van der Waals surface area contributed by atoms with E-state index < -0.39 is 11.9 Å². The molecular formula is C54H74N4O6. The largest absolute Gasteiger partial charge is 0.494 e. The Bertz CT molecular complexity index is 1740. The molecular weight excluding hydrogens is 801 g/mol. The fraction of sp³-hybridized carbons (Fsp3) is 0.519. The summed E-state index contributed by atoms with van der Waals surface area (Å²) in [4.78, 5) is 25.1.